The number of halogens is 1. The predicted molar refractivity (Wildman–Crippen MR) is 94.6 cm³/mol. The SMILES string of the molecule is Cc1cc(Cl)cc(C(=O)NCCc2ccc(CCC(=O)O)cc2)c1. The second-order valence-corrected chi connectivity index (χ2v) is 6.17. The molecule has 0 heterocycles. The van der Waals surface area contributed by atoms with Gasteiger partial charge < -0.3 is 10.4 Å². The van der Waals surface area contributed by atoms with E-state index in [0.29, 0.717) is 30.0 Å². The molecule has 5 heteroatoms. The van der Waals surface area contributed by atoms with Gasteiger partial charge in [0.1, 0.15) is 0 Å². The highest BCUT2D eigenvalue weighted by atomic mass is 35.5. The van der Waals surface area contributed by atoms with Crippen molar-refractivity contribution in [3.63, 3.8) is 0 Å². The first-order valence-corrected chi connectivity index (χ1v) is 8.17. The maximum Gasteiger partial charge on any atom is 0.303 e. The van der Waals surface area contributed by atoms with E-state index in [1.165, 1.54) is 0 Å². The van der Waals surface area contributed by atoms with Crippen molar-refractivity contribution in [1.82, 2.24) is 5.32 Å². The quantitative estimate of drug-likeness (QED) is 0.805. The van der Waals surface area contributed by atoms with Gasteiger partial charge in [-0.25, -0.2) is 0 Å². The minimum Gasteiger partial charge on any atom is -0.481 e. The number of aryl methyl sites for hydroxylation is 2. The summed E-state index contributed by atoms with van der Waals surface area (Å²) in [7, 11) is 0. The summed E-state index contributed by atoms with van der Waals surface area (Å²) in [5.41, 5.74) is 3.60. The lowest BCUT2D eigenvalue weighted by Crippen LogP contribution is -2.25. The largest absolute Gasteiger partial charge is 0.481 e. The molecular weight excluding hydrogens is 326 g/mol. The van der Waals surface area contributed by atoms with Gasteiger partial charge in [-0.1, -0.05) is 35.9 Å². The van der Waals surface area contributed by atoms with Crippen LogP contribution in [-0.2, 0) is 17.6 Å². The van der Waals surface area contributed by atoms with Crippen LogP contribution in [0.2, 0.25) is 5.02 Å². The molecule has 24 heavy (non-hydrogen) atoms. The Hall–Kier alpha value is -2.33. The van der Waals surface area contributed by atoms with E-state index in [-0.39, 0.29) is 12.3 Å². The Bertz CT molecular complexity index is 706. The van der Waals surface area contributed by atoms with E-state index < -0.39 is 5.97 Å². The fraction of sp³-hybridized carbons (Fsp3) is 0.263. The summed E-state index contributed by atoms with van der Waals surface area (Å²) in [6.07, 6.45) is 1.37. The zero-order valence-electron chi connectivity index (χ0n) is 13.5. The zero-order chi connectivity index (χ0) is 17.5. The Morgan fingerprint density at radius 1 is 1.04 bits per heavy atom. The number of hydrogen-bond acceptors (Lipinski definition) is 2. The van der Waals surface area contributed by atoms with Gasteiger partial charge in [0.15, 0.2) is 0 Å². The van der Waals surface area contributed by atoms with Gasteiger partial charge in [-0.15, -0.1) is 0 Å². The first-order valence-electron chi connectivity index (χ1n) is 7.79. The van der Waals surface area contributed by atoms with Gasteiger partial charge >= 0.3 is 5.97 Å². The summed E-state index contributed by atoms with van der Waals surface area (Å²) < 4.78 is 0. The van der Waals surface area contributed by atoms with Gasteiger partial charge in [-0.3, -0.25) is 9.59 Å². The normalized spacial score (nSPS) is 10.4. The molecule has 126 valence electrons. The molecule has 4 nitrogen and oxygen atoms in total. The van der Waals surface area contributed by atoms with Crippen LogP contribution in [0.15, 0.2) is 42.5 Å². The molecule has 0 saturated carbocycles. The smallest absolute Gasteiger partial charge is 0.303 e. The highest BCUT2D eigenvalue weighted by Crippen LogP contribution is 2.14. The van der Waals surface area contributed by atoms with Gasteiger partial charge in [0, 0.05) is 23.6 Å². The summed E-state index contributed by atoms with van der Waals surface area (Å²) in [5, 5.41) is 12.1. The summed E-state index contributed by atoms with van der Waals surface area (Å²) in [4.78, 5) is 22.7. The van der Waals surface area contributed by atoms with Crippen molar-refractivity contribution in [2.75, 3.05) is 6.54 Å². The zero-order valence-corrected chi connectivity index (χ0v) is 14.3. The average molecular weight is 346 g/mol. The third-order valence-corrected chi connectivity index (χ3v) is 3.87. The molecule has 0 radical (unpaired) electrons. The molecule has 0 unspecified atom stereocenters. The third-order valence-electron chi connectivity index (χ3n) is 3.65. The van der Waals surface area contributed by atoms with Crippen molar-refractivity contribution < 1.29 is 14.7 Å². The Morgan fingerprint density at radius 3 is 2.25 bits per heavy atom. The van der Waals surface area contributed by atoms with Crippen LogP contribution in [0.1, 0.15) is 33.5 Å². The molecule has 2 N–H and O–H groups in total. The number of carboxylic acid groups (broad SMARTS) is 1. The summed E-state index contributed by atoms with van der Waals surface area (Å²) in [5.74, 6) is -0.934. The number of carbonyl (C=O) groups excluding carboxylic acids is 1. The second kappa shape index (κ2) is 8.50. The molecule has 0 aliphatic carbocycles. The number of carbonyl (C=O) groups is 2. The van der Waals surface area contributed by atoms with Crippen LogP contribution in [0.3, 0.4) is 0 Å². The molecule has 0 fully saturated rings. The van der Waals surface area contributed by atoms with Crippen LogP contribution >= 0.6 is 11.6 Å². The summed E-state index contributed by atoms with van der Waals surface area (Å²) >= 11 is 5.97. The Kier molecular flexibility index (Phi) is 6.38. The van der Waals surface area contributed by atoms with E-state index in [1.807, 2.05) is 37.3 Å². The lowest BCUT2D eigenvalue weighted by Gasteiger charge is -2.07. The van der Waals surface area contributed by atoms with E-state index in [2.05, 4.69) is 5.32 Å². The predicted octanol–water partition coefficient (Wildman–Crippen LogP) is 3.64. The van der Waals surface area contributed by atoms with E-state index in [1.54, 1.807) is 12.1 Å². The number of benzene rings is 2. The van der Waals surface area contributed by atoms with Gasteiger partial charge in [0.25, 0.3) is 5.91 Å². The van der Waals surface area contributed by atoms with E-state index in [4.69, 9.17) is 16.7 Å². The number of rotatable bonds is 7. The number of carboxylic acids is 1. The molecule has 2 aromatic rings. The second-order valence-electron chi connectivity index (χ2n) is 5.73. The Morgan fingerprint density at radius 2 is 1.67 bits per heavy atom. The molecule has 0 aliphatic rings. The van der Waals surface area contributed by atoms with E-state index in [0.717, 1.165) is 16.7 Å². The third kappa shape index (κ3) is 5.70. The number of aliphatic carboxylic acids is 1. The number of nitrogens with one attached hydrogen (secondary N) is 1. The fourth-order valence-corrected chi connectivity index (χ4v) is 2.70. The Labute approximate surface area is 146 Å². The van der Waals surface area contributed by atoms with Crippen molar-refractivity contribution in [2.45, 2.75) is 26.2 Å². The monoisotopic (exact) mass is 345 g/mol. The first kappa shape index (κ1) is 18.0. The highest BCUT2D eigenvalue weighted by molar-refractivity contribution is 6.31. The van der Waals surface area contributed by atoms with Gasteiger partial charge in [-0.2, -0.15) is 0 Å². The molecule has 0 bridgehead atoms. The van der Waals surface area contributed by atoms with Gasteiger partial charge in [0.05, 0.1) is 0 Å². The number of hydrogen-bond donors (Lipinski definition) is 2. The molecule has 0 aromatic heterocycles. The summed E-state index contributed by atoms with van der Waals surface area (Å²) in [6, 6.07) is 13.1. The van der Waals surface area contributed by atoms with Crippen molar-refractivity contribution in [2.24, 2.45) is 0 Å². The highest BCUT2D eigenvalue weighted by Gasteiger charge is 2.07. The molecule has 0 aliphatic heterocycles. The minimum atomic E-state index is -0.793. The maximum absolute atomic E-state index is 12.1. The van der Waals surface area contributed by atoms with Crippen molar-refractivity contribution in [3.8, 4) is 0 Å². The topological polar surface area (TPSA) is 66.4 Å². The lowest BCUT2D eigenvalue weighted by molar-refractivity contribution is -0.136. The fourth-order valence-electron chi connectivity index (χ4n) is 2.41. The molecule has 0 atom stereocenters. The lowest BCUT2D eigenvalue weighted by atomic mass is 10.1. The Balaban J connectivity index is 1.83. The van der Waals surface area contributed by atoms with E-state index in [9.17, 15) is 9.59 Å². The first-order chi connectivity index (χ1) is 11.4. The molecular formula is C19H20ClNO3. The molecule has 0 saturated heterocycles. The summed E-state index contributed by atoms with van der Waals surface area (Å²) in [6.45, 7) is 2.42. The maximum atomic E-state index is 12.1. The molecule has 0 spiro atoms. The van der Waals surface area contributed by atoms with Crippen LogP contribution in [0.25, 0.3) is 0 Å². The van der Waals surface area contributed by atoms with Crippen LogP contribution in [0, 0.1) is 6.92 Å². The molecule has 2 rings (SSSR count). The van der Waals surface area contributed by atoms with Crippen LogP contribution in [-0.4, -0.2) is 23.5 Å². The van der Waals surface area contributed by atoms with Crippen LogP contribution in [0.4, 0.5) is 0 Å². The molecule has 2 aromatic carbocycles. The molecule has 1 amide bonds. The van der Waals surface area contributed by atoms with Crippen molar-refractivity contribution in [3.05, 3.63) is 69.7 Å². The van der Waals surface area contributed by atoms with Crippen molar-refractivity contribution >= 4 is 23.5 Å². The average Bonchev–Trinajstić information content (AvgIpc) is 2.53. The van der Waals surface area contributed by atoms with E-state index >= 15 is 0 Å². The van der Waals surface area contributed by atoms with Crippen molar-refractivity contribution in [1.29, 1.82) is 0 Å². The minimum absolute atomic E-state index is 0.133. The standard InChI is InChI=1S/C19H20ClNO3/c1-13-10-16(12-17(20)11-13)19(24)21-9-8-15-4-2-14(3-5-15)6-7-18(22)23/h2-5,10-12H,6-9H2,1H3,(H,21,24)(H,22,23). The van der Waals surface area contributed by atoms with Gasteiger partial charge in [-0.05, 0) is 54.7 Å². The van der Waals surface area contributed by atoms with Crippen LogP contribution in [0.5, 0.6) is 0 Å². The number of amides is 1. The van der Waals surface area contributed by atoms with Crippen LogP contribution < -0.4 is 5.32 Å². The van der Waals surface area contributed by atoms with Gasteiger partial charge in [0.2, 0.25) is 0 Å².